The summed E-state index contributed by atoms with van der Waals surface area (Å²) in [6.45, 7) is 0. The van der Waals surface area contributed by atoms with Gasteiger partial charge in [-0.3, -0.25) is 0 Å². The van der Waals surface area contributed by atoms with Crippen LogP contribution in [0.2, 0.25) is 0 Å². The lowest BCUT2D eigenvalue weighted by atomic mass is 10.2. The molecule has 0 saturated carbocycles. The summed E-state index contributed by atoms with van der Waals surface area (Å²) in [7, 11) is -0.388. The quantitative estimate of drug-likeness (QED) is 0.815. The van der Waals surface area contributed by atoms with Crippen LogP contribution in [0.3, 0.4) is 0 Å². The number of benzene rings is 1. The summed E-state index contributed by atoms with van der Waals surface area (Å²) in [5.41, 5.74) is 0. The van der Waals surface area contributed by atoms with E-state index in [1.54, 1.807) is 0 Å². The number of rotatable bonds is 3. The molecule has 1 aromatic carbocycles. The van der Waals surface area contributed by atoms with E-state index in [4.69, 9.17) is 11.6 Å². The first-order valence-corrected chi connectivity index (χ1v) is 7.76. The van der Waals surface area contributed by atoms with Crippen molar-refractivity contribution in [3.63, 3.8) is 0 Å². The number of hydrogen-bond acceptors (Lipinski definition) is 3. The zero-order chi connectivity index (χ0) is 12.6. The van der Waals surface area contributed by atoms with Crippen molar-refractivity contribution in [2.75, 3.05) is 14.1 Å². The molecule has 2 aromatic rings. The molecule has 0 amide bonds. The normalized spacial score (nSPS) is 12.5. The predicted molar refractivity (Wildman–Crippen MR) is 72.3 cm³/mol. The summed E-state index contributed by atoms with van der Waals surface area (Å²) in [5, 5.41) is 0.752. The molecule has 1 heterocycles. The molecule has 0 saturated heterocycles. The highest BCUT2D eigenvalue weighted by molar-refractivity contribution is 7.89. The number of alkyl halides is 1. The summed E-state index contributed by atoms with van der Waals surface area (Å²) in [6, 6.07) is 7.45. The third-order valence-electron chi connectivity index (χ3n) is 2.48. The molecule has 0 unspecified atom stereocenters. The molecule has 3 nitrogen and oxygen atoms in total. The monoisotopic (exact) mass is 289 g/mol. The second kappa shape index (κ2) is 4.57. The van der Waals surface area contributed by atoms with E-state index in [-0.39, 0.29) is 5.88 Å². The Labute approximate surface area is 110 Å². The maximum absolute atomic E-state index is 12.3. The van der Waals surface area contributed by atoms with Crippen molar-refractivity contribution < 1.29 is 8.42 Å². The van der Waals surface area contributed by atoms with Crippen LogP contribution in [0.4, 0.5) is 0 Å². The average molecular weight is 290 g/mol. The largest absolute Gasteiger partial charge is 0.244 e. The Morgan fingerprint density at radius 3 is 2.53 bits per heavy atom. The number of nitrogens with zero attached hydrogens (tertiary/aromatic N) is 1. The van der Waals surface area contributed by atoms with Crippen LogP contribution in [0.15, 0.2) is 29.2 Å². The van der Waals surface area contributed by atoms with Crippen LogP contribution < -0.4 is 0 Å². The van der Waals surface area contributed by atoms with E-state index in [2.05, 4.69) is 0 Å². The van der Waals surface area contributed by atoms with Gasteiger partial charge in [0.15, 0.2) is 0 Å². The highest BCUT2D eigenvalue weighted by atomic mass is 35.5. The highest BCUT2D eigenvalue weighted by Crippen LogP contribution is 2.36. The maximum Gasteiger partial charge on any atom is 0.244 e. The molecule has 17 heavy (non-hydrogen) atoms. The zero-order valence-corrected chi connectivity index (χ0v) is 11.9. The Hall–Kier alpha value is -0.620. The summed E-state index contributed by atoms with van der Waals surface area (Å²) in [5.74, 6) is 0.210. The summed E-state index contributed by atoms with van der Waals surface area (Å²) in [6.07, 6.45) is 0. The smallest absolute Gasteiger partial charge is 0.207 e. The number of halogens is 1. The Balaban J connectivity index is 2.84. The van der Waals surface area contributed by atoms with E-state index in [1.165, 1.54) is 29.7 Å². The first kappa shape index (κ1) is 12.8. The lowest BCUT2D eigenvalue weighted by Crippen LogP contribution is -2.22. The van der Waals surface area contributed by atoms with Gasteiger partial charge >= 0.3 is 0 Å². The van der Waals surface area contributed by atoms with Gasteiger partial charge in [-0.2, -0.15) is 0 Å². The van der Waals surface area contributed by atoms with Gasteiger partial charge in [0.05, 0.1) is 5.88 Å². The molecular formula is C11H12ClNO2S2. The molecule has 0 N–H and O–H groups in total. The molecule has 0 spiro atoms. The van der Waals surface area contributed by atoms with Crippen molar-refractivity contribution in [1.29, 1.82) is 0 Å². The van der Waals surface area contributed by atoms with Gasteiger partial charge in [-0.05, 0) is 6.07 Å². The number of fused-ring (bicyclic) bond motifs is 1. The lowest BCUT2D eigenvalue weighted by molar-refractivity contribution is 0.521. The number of hydrogen-bond donors (Lipinski definition) is 0. The second-order valence-corrected chi connectivity index (χ2v) is 7.26. The lowest BCUT2D eigenvalue weighted by Gasteiger charge is -2.11. The van der Waals surface area contributed by atoms with Crippen molar-refractivity contribution in [2.45, 2.75) is 10.8 Å². The van der Waals surface area contributed by atoms with Crippen molar-refractivity contribution in [2.24, 2.45) is 0 Å². The third-order valence-corrected chi connectivity index (χ3v) is 6.15. The number of thiophene rings is 1. The van der Waals surface area contributed by atoms with Gasteiger partial charge < -0.3 is 0 Å². The SMILES string of the molecule is CN(C)S(=O)(=O)c1c(CCl)sc2ccccc12. The standard InChI is InChI=1S/C11H12ClNO2S2/c1-13(2)17(14,15)11-8-5-3-4-6-9(8)16-10(11)7-12/h3-6H,7H2,1-2H3. The summed E-state index contributed by atoms with van der Waals surface area (Å²) < 4.78 is 26.7. The fraction of sp³-hybridized carbons (Fsp3) is 0.273. The van der Waals surface area contributed by atoms with Gasteiger partial charge in [-0.25, -0.2) is 12.7 Å². The van der Waals surface area contributed by atoms with Crippen molar-refractivity contribution >= 4 is 43.0 Å². The van der Waals surface area contributed by atoms with E-state index in [1.807, 2.05) is 24.3 Å². The van der Waals surface area contributed by atoms with Crippen LogP contribution in [0.5, 0.6) is 0 Å². The van der Waals surface area contributed by atoms with E-state index < -0.39 is 10.0 Å². The van der Waals surface area contributed by atoms with Crippen LogP contribution in [0.25, 0.3) is 10.1 Å². The van der Waals surface area contributed by atoms with Gasteiger partial charge in [-0.1, -0.05) is 18.2 Å². The fourth-order valence-electron chi connectivity index (χ4n) is 1.63. The van der Waals surface area contributed by atoms with Crippen molar-refractivity contribution in [3.8, 4) is 0 Å². The number of sulfonamides is 1. The van der Waals surface area contributed by atoms with Gasteiger partial charge in [0.1, 0.15) is 4.90 Å². The molecule has 0 aliphatic carbocycles. The van der Waals surface area contributed by atoms with Crippen LogP contribution in [0, 0.1) is 0 Å². The van der Waals surface area contributed by atoms with Crippen LogP contribution in [0.1, 0.15) is 4.88 Å². The first-order chi connectivity index (χ1) is 7.98. The Morgan fingerprint density at radius 1 is 1.29 bits per heavy atom. The van der Waals surface area contributed by atoms with Crippen LogP contribution in [-0.2, 0) is 15.9 Å². The fourth-order valence-corrected chi connectivity index (χ4v) is 4.64. The first-order valence-electron chi connectivity index (χ1n) is 4.97. The molecule has 0 aliphatic heterocycles. The summed E-state index contributed by atoms with van der Waals surface area (Å²) >= 11 is 7.27. The highest BCUT2D eigenvalue weighted by Gasteiger charge is 2.25. The molecule has 0 fully saturated rings. The molecule has 1 aromatic heterocycles. The molecule has 92 valence electrons. The van der Waals surface area contributed by atoms with Crippen LogP contribution >= 0.6 is 22.9 Å². The average Bonchev–Trinajstić information content (AvgIpc) is 2.67. The Bertz CT molecular complexity index is 647. The van der Waals surface area contributed by atoms with Gasteiger partial charge in [0, 0.05) is 29.1 Å². The van der Waals surface area contributed by atoms with Gasteiger partial charge in [0.2, 0.25) is 10.0 Å². The molecule has 0 bridgehead atoms. The van der Waals surface area contributed by atoms with E-state index in [0.29, 0.717) is 9.77 Å². The van der Waals surface area contributed by atoms with E-state index >= 15 is 0 Å². The minimum Gasteiger partial charge on any atom is -0.207 e. The minimum absolute atomic E-state index is 0.210. The third kappa shape index (κ3) is 2.08. The molecule has 0 aliphatic rings. The minimum atomic E-state index is -3.44. The molecular weight excluding hydrogens is 278 g/mol. The van der Waals surface area contributed by atoms with E-state index in [9.17, 15) is 8.42 Å². The Kier molecular flexibility index (Phi) is 3.45. The summed E-state index contributed by atoms with van der Waals surface area (Å²) in [4.78, 5) is 1.04. The van der Waals surface area contributed by atoms with E-state index in [0.717, 1.165) is 10.1 Å². The second-order valence-electron chi connectivity index (χ2n) is 3.77. The maximum atomic E-state index is 12.3. The predicted octanol–water partition coefficient (Wildman–Crippen LogP) is 2.89. The van der Waals surface area contributed by atoms with Gasteiger partial charge in [0.25, 0.3) is 0 Å². The van der Waals surface area contributed by atoms with Crippen molar-refractivity contribution in [3.05, 3.63) is 29.1 Å². The zero-order valence-electron chi connectivity index (χ0n) is 9.47. The van der Waals surface area contributed by atoms with Gasteiger partial charge in [-0.15, -0.1) is 22.9 Å². The Morgan fingerprint density at radius 2 is 1.94 bits per heavy atom. The molecule has 0 radical (unpaired) electrons. The van der Waals surface area contributed by atoms with Crippen molar-refractivity contribution in [1.82, 2.24) is 4.31 Å². The molecule has 6 heteroatoms. The van der Waals surface area contributed by atoms with Crippen LogP contribution in [-0.4, -0.2) is 26.8 Å². The molecule has 2 rings (SSSR count). The molecule has 0 atom stereocenters. The topological polar surface area (TPSA) is 37.4 Å².